The molecule has 3 nitrogen and oxygen atoms in total. The molecule has 0 radical (unpaired) electrons. The Labute approximate surface area is 120 Å². The van der Waals surface area contributed by atoms with Crippen LogP contribution in [0.25, 0.3) is 0 Å². The maximum atomic E-state index is 6.06. The molecule has 0 aliphatic rings. The monoisotopic (exact) mass is 271 g/mol. The van der Waals surface area contributed by atoms with E-state index in [1.54, 1.807) is 7.11 Å². The molecule has 0 aliphatic carbocycles. The van der Waals surface area contributed by atoms with Crippen molar-refractivity contribution in [3.63, 3.8) is 0 Å². The third kappa shape index (κ3) is 3.52. The average molecular weight is 271 g/mol. The first-order chi connectivity index (χ1) is 9.74. The number of nitrogens with one attached hydrogen (secondary N) is 1. The second-order valence-corrected chi connectivity index (χ2v) is 4.69. The van der Waals surface area contributed by atoms with E-state index in [1.165, 1.54) is 5.56 Å². The lowest BCUT2D eigenvalue weighted by Gasteiger charge is -2.18. The van der Waals surface area contributed by atoms with Crippen molar-refractivity contribution < 1.29 is 9.47 Å². The van der Waals surface area contributed by atoms with Crippen LogP contribution in [-0.4, -0.2) is 14.2 Å². The van der Waals surface area contributed by atoms with Gasteiger partial charge in [0.2, 0.25) is 0 Å². The first kappa shape index (κ1) is 14.4. The fourth-order valence-electron chi connectivity index (χ4n) is 2.11. The van der Waals surface area contributed by atoms with Gasteiger partial charge in [-0.1, -0.05) is 36.4 Å². The van der Waals surface area contributed by atoms with Crippen LogP contribution in [0.4, 0.5) is 0 Å². The summed E-state index contributed by atoms with van der Waals surface area (Å²) in [6.07, 6.45) is -0.0186. The molecule has 0 spiro atoms. The summed E-state index contributed by atoms with van der Waals surface area (Å²) in [7, 11) is 3.59. The minimum absolute atomic E-state index is 0.0186. The third-order valence-electron chi connectivity index (χ3n) is 3.18. The highest BCUT2D eigenvalue weighted by molar-refractivity contribution is 5.43. The lowest BCUT2D eigenvalue weighted by Crippen LogP contribution is -2.07. The summed E-state index contributed by atoms with van der Waals surface area (Å²) in [6.45, 7) is 2.85. The lowest BCUT2D eigenvalue weighted by molar-refractivity contribution is 0.215. The topological polar surface area (TPSA) is 30.5 Å². The molecule has 1 atom stereocenters. The minimum Gasteiger partial charge on any atom is -0.493 e. The van der Waals surface area contributed by atoms with Crippen LogP contribution in [0.15, 0.2) is 48.5 Å². The standard InChI is InChI=1S/C17H21NO2/c1-13(15-7-5-4-6-8-15)20-17-11-14(12-18-2)9-10-16(17)19-3/h4-11,13,18H,12H2,1-3H3. The predicted molar refractivity (Wildman–Crippen MR) is 81.2 cm³/mol. The van der Waals surface area contributed by atoms with Gasteiger partial charge in [0.15, 0.2) is 11.5 Å². The molecule has 2 aromatic carbocycles. The van der Waals surface area contributed by atoms with Gasteiger partial charge >= 0.3 is 0 Å². The Hall–Kier alpha value is -2.00. The highest BCUT2D eigenvalue weighted by Gasteiger charge is 2.11. The number of hydrogen-bond donors (Lipinski definition) is 1. The molecule has 0 saturated carbocycles. The number of hydrogen-bond acceptors (Lipinski definition) is 3. The van der Waals surface area contributed by atoms with Crippen LogP contribution in [0.3, 0.4) is 0 Å². The van der Waals surface area contributed by atoms with E-state index in [1.807, 2.05) is 50.4 Å². The van der Waals surface area contributed by atoms with Gasteiger partial charge in [0.25, 0.3) is 0 Å². The van der Waals surface area contributed by atoms with Crippen LogP contribution in [0.5, 0.6) is 11.5 Å². The molecular weight excluding hydrogens is 250 g/mol. The second kappa shape index (κ2) is 6.96. The molecule has 1 unspecified atom stereocenters. The summed E-state index contributed by atoms with van der Waals surface area (Å²) in [6, 6.07) is 16.2. The van der Waals surface area contributed by atoms with Crippen LogP contribution in [0.1, 0.15) is 24.2 Å². The van der Waals surface area contributed by atoms with Crippen LogP contribution < -0.4 is 14.8 Å². The zero-order valence-corrected chi connectivity index (χ0v) is 12.2. The fraction of sp³-hybridized carbons (Fsp3) is 0.294. The Morgan fingerprint density at radius 1 is 1.05 bits per heavy atom. The van der Waals surface area contributed by atoms with Gasteiger partial charge in [0, 0.05) is 6.54 Å². The summed E-state index contributed by atoms with van der Waals surface area (Å²) in [4.78, 5) is 0. The summed E-state index contributed by atoms with van der Waals surface area (Å²) in [5.74, 6) is 1.53. The zero-order valence-electron chi connectivity index (χ0n) is 12.2. The molecule has 0 fully saturated rings. The van der Waals surface area contributed by atoms with Crippen molar-refractivity contribution in [1.29, 1.82) is 0 Å². The van der Waals surface area contributed by atoms with E-state index < -0.39 is 0 Å². The molecule has 0 aliphatic heterocycles. The highest BCUT2D eigenvalue weighted by atomic mass is 16.5. The van der Waals surface area contributed by atoms with Crippen molar-refractivity contribution in [3.8, 4) is 11.5 Å². The number of methoxy groups -OCH3 is 1. The molecular formula is C17H21NO2. The zero-order chi connectivity index (χ0) is 14.4. The molecule has 0 heterocycles. The molecule has 0 aromatic heterocycles. The molecule has 3 heteroatoms. The van der Waals surface area contributed by atoms with E-state index in [2.05, 4.69) is 17.4 Å². The van der Waals surface area contributed by atoms with Crippen molar-refractivity contribution in [2.24, 2.45) is 0 Å². The van der Waals surface area contributed by atoms with Gasteiger partial charge in [-0.05, 0) is 37.2 Å². The molecule has 2 aromatic rings. The van der Waals surface area contributed by atoms with Gasteiger partial charge in [-0.2, -0.15) is 0 Å². The Kier molecular flexibility index (Phi) is 5.02. The SMILES string of the molecule is CNCc1ccc(OC)c(OC(C)c2ccccc2)c1. The van der Waals surface area contributed by atoms with Crippen LogP contribution in [0, 0.1) is 0 Å². The van der Waals surface area contributed by atoms with Crippen molar-refractivity contribution >= 4 is 0 Å². The fourth-order valence-corrected chi connectivity index (χ4v) is 2.11. The maximum Gasteiger partial charge on any atom is 0.162 e. The number of benzene rings is 2. The molecule has 0 amide bonds. The second-order valence-electron chi connectivity index (χ2n) is 4.69. The lowest BCUT2D eigenvalue weighted by atomic mass is 10.1. The van der Waals surface area contributed by atoms with Crippen LogP contribution in [0.2, 0.25) is 0 Å². The quantitative estimate of drug-likeness (QED) is 0.871. The Morgan fingerprint density at radius 2 is 1.80 bits per heavy atom. The van der Waals surface area contributed by atoms with Gasteiger partial charge in [-0.15, -0.1) is 0 Å². The molecule has 2 rings (SSSR count). The van der Waals surface area contributed by atoms with Crippen LogP contribution >= 0.6 is 0 Å². The molecule has 0 bridgehead atoms. The number of ether oxygens (including phenoxy) is 2. The molecule has 20 heavy (non-hydrogen) atoms. The van der Waals surface area contributed by atoms with Crippen molar-refractivity contribution in [3.05, 3.63) is 59.7 Å². The molecule has 1 N–H and O–H groups in total. The number of rotatable bonds is 6. The van der Waals surface area contributed by atoms with E-state index in [-0.39, 0.29) is 6.10 Å². The van der Waals surface area contributed by atoms with Crippen molar-refractivity contribution in [2.75, 3.05) is 14.2 Å². The van der Waals surface area contributed by atoms with Crippen molar-refractivity contribution in [1.82, 2.24) is 5.32 Å². The summed E-state index contributed by atoms with van der Waals surface area (Å²) in [5, 5.41) is 3.14. The molecule has 0 saturated heterocycles. The summed E-state index contributed by atoms with van der Waals surface area (Å²) < 4.78 is 11.4. The predicted octanol–water partition coefficient (Wildman–Crippen LogP) is 3.55. The van der Waals surface area contributed by atoms with E-state index in [4.69, 9.17) is 9.47 Å². The van der Waals surface area contributed by atoms with Gasteiger partial charge in [-0.25, -0.2) is 0 Å². The first-order valence-corrected chi connectivity index (χ1v) is 6.77. The smallest absolute Gasteiger partial charge is 0.162 e. The van der Waals surface area contributed by atoms with E-state index in [0.717, 1.165) is 23.6 Å². The Morgan fingerprint density at radius 3 is 2.45 bits per heavy atom. The van der Waals surface area contributed by atoms with Gasteiger partial charge in [0.05, 0.1) is 7.11 Å². The average Bonchev–Trinajstić information content (AvgIpc) is 2.49. The van der Waals surface area contributed by atoms with Gasteiger partial charge in [-0.3, -0.25) is 0 Å². The largest absolute Gasteiger partial charge is 0.493 e. The minimum atomic E-state index is -0.0186. The van der Waals surface area contributed by atoms with E-state index in [9.17, 15) is 0 Å². The summed E-state index contributed by atoms with van der Waals surface area (Å²) >= 11 is 0. The Bertz CT molecular complexity index is 540. The maximum absolute atomic E-state index is 6.06. The van der Waals surface area contributed by atoms with Gasteiger partial charge < -0.3 is 14.8 Å². The van der Waals surface area contributed by atoms with Gasteiger partial charge in [0.1, 0.15) is 6.10 Å². The summed E-state index contributed by atoms with van der Waals surface area (Å²) in [5.41, 5.74) is 2.32. The highest BCUT2D eigenvalue weighted by Crippen LogP contribution is 2.32. The van der Waals surface area contributed by atoms with E-state index in [0.29, 0.717) is 0 Å². The Balaban J connectivity index is 2.20. The third-order valence-corrected chi connectivity index (χ3v) is 3.18. The van der Waals surface area contributed by atoms with E-state index >= 15 is 0 Å². The van der Waals surface area contributed by atoms with Crippen LogP contribution in [-0.2, 0) is 6.54 Å². The first-order valence-electron chi connectivity index (χ1n) is 6.77. The van der Waals surface area contributed by atoms with Crippen molar-refractivity contribution in [2.45, 2.75) is 19.6 Å². The molecule has 106 valence electrons. The normalized spacial score (nSPS) is 11.9.